The molecule has 17 aromatic rings. The Labute approximate surface area is 720 Å². The summed E-state index contributed by atoms with van der Waals surface area (Å²) in [7, 11) is 5.92. The fraction of sp³-hybridized carbons (Fsp3) is 0.119. The monoisotopic (exact) mass is 1770 g/mol. The van der Waals surface area contributed by atoms with Crippen molar-refractivity contribution in [1.82, 2.24) is 58.5 Å². The normalized spacial score (nSPS) is 11.1. The van der Waals surface area contributed by atoms with Crippen molar-refractivity contribution >= 4 is 149 Å². The number of benzene rings is 7. The van der Waals surface area contributed by atoms with E-state index in [0.29, 0.717) is 22.1 Å². The van der Waals surface area contributed by atoms with Crippen molar-refractivity contribution in [2.24, 2.45) is 7.05 Å². The van der Waals surface area contributed by atoms with Crippen LogP contribution >= 0.6 is 53.4 Å². The molecule has 0 aliphatic heterocycles. The minimum absolute atomic E-state index is 0.528. The fourth-order valence-electron chi connectivity index (χ4n) is 13.1. The van der Waals surface area contributed by atoms with Crippen LogP contribution in [0.25, 0.3) is 93.2 Å². The van der Waals surface area contributed by atoms with Crippen LogP contribution in [0.15, 0.2) is 289 Å². The van der Waals surface area contributed by atoms with Gasteiger partial charge in [-0.15, -0.1) is 34.0 Å². The van der Waals surface area contributed by atoms with Gasteiger partial charge in [-0.3, -0.25) is 0 Å². The molecule has 30 heteroatoms. The molecule has 0 bridgehead atoms. The van der Waals surface area contributed by atoms with Crippen LogP contribution < -0.4 is 11.4 Å². The first-order chi connectivity index (χ1) is 55.8. The van der Waals surface area contributed by atoms with E-state index in [2.05, 4.69) is 165 Å². The van der Waals surface area contributed by atoms with E-state index < -0.39 is 18.4 Å². The maximum atomic E-state index is 13.2. The van der Waals surface area contributed by atoms with Gasteiger partial charge in [0.25, 0.3) is 0 Å². The molecule has 0 atom stereocenters. The van der Waals surface area contributed by atoms with Gasteiger partial charge < -0.3 is 11.4 Å². The van der Waals surface area contributed by atoms with Gasteiger partial charge in [-0.2, -0.15) is 28.5 Å². The number of aromatic nitrogens is 12. The van der Waals surface area contributed by atoms with Gasteiger partial charge in [0.1, 0.15) is 53.6 Å². The van der Waals surface area contributed by atoms with E-state index in [-0.39, 0.29) is 0 Å². The number of rotatable bonds is 21. The zero-order chi connectivity index (χ0) is 79.7. The first kappa shape index (κ1) is 83.1. The summed E-state index contributed by atoms with van der Waals surface area (Å²) in [6.45, 7) is 5.78. The molecule has 16 nitrogen and oxygen atoms in total. The van der Waals surface area contributed by atoms with Gasteiger partial charge in [-0.25, -0.2) is 23.4 Å². The SMILES string of the molecule is CCc1c([S][GaH])c(-n2cccn2)c(-c2ccccc2)n1C.CCc1oc(-c2ccccc2)c(-n2ncc3ccccc32)c1[S][GaH].CCc1sc(-c2ccccc2)c(-n2cc(C(F)(F)F)cn2)c1[O][AlH].FCc1sc(-c2ccccc2)c(-n2cncn2)c1[O][AlH].[AlH][O]c1c(Cc2ccccc2)sc(-c2ccccc2)c1-n1cccn1. The van der Waals surface area contributed by atoms with Crippen LogP contribution in [0, 0.1) is 0 Å². The quantitative estimate of drug-likeness (QED) is 0.0498. The van der Waals surface area contributed by atoms with Crippen molar-refractivity contribution in [3.63, 3.8) is 0 Å². The summed E-state index contributed by atoms with van der Waals surface area (Å²) in [5, 5.41) is 22.8. The molecule has 0 aliphatic rings. The second-order valence-corrected chi connectivity index (χ2v) is 34.3. The zero-order valence-electron chi connectivity index (χ0n) is 62.6. The molecule has 0 N–H and O–H groups in total. The summed E-state index contributed by atoms with van der Waals surface area (Å²) >= 11 is 11.1. The second kappa shape index (κ2) is 39.6. The van der Waals surface area contributed by atoms with E-state index in [1.807, 2.05) is 174 Å². The van der Waals surface area contributed by atoms with Gasteiger partial charge in [0.2, 0.25) is 0 Å². The van der Waals surface area contributed by atoms with Crippen molar-refractivity contribution in [2.45, 2.75) is 69.1 Å². The van der Waals surface area contributed by atoms with Crippen LogP contribution in [0.5, 0.6) is 17.2 Å². The van der Waals surface area contributed by atoms with E-state index in [1.54, 1.807) is 28.5 Å². The maximum Gasteiger partial charge on any atom is 0.494 e. The van der Waals surface area contributed by atoms with Crippen LogP contribution in [0.2, 0.25) is 0 Å². The summed E-state index contributed by atoms with van der Waals surface area (Å²) in [5.74, 6) is 3.96. The molecule has 7 aromatic carbocycles. The molecule has 0 spiro atoms. The van der Waals surface area contributed by atoms with Crippen molar-refractivity contribution in [1.29, 1.82) is 0 Å². The zero-order valence-corrected chi connectivity index (χ0v) is 76.9. The molecule has 10 heterocycles. The largest absolute Gasteiger partial charge is 0.648 e. The van der Waals surface area contributed by atoms with E-state index in [9.17, 15) is 17.6 Å². The molecular formula is C84H72Al3F4Ga2N12O4S5. The molecule has 17 rings (SSSR count). The first-order valence-corrected chi connectivity index (χ1v) is 49.4. The molecule has 0 unspecified atom stereocenters. The molecule has 0 saturated heterocycles. The number of nitrogens with zero attached hydrogens (tertiary/aromatic N) is 12. The van der Waals surface area contributed by atoms with Crippen LogP contribution in [0.1, 0.15) is 58.0 Å². The fourth-order valence-corrected chi connectivity index (χ4v) is 23.1. The summed E-state index contributed by atoms with van der Waals surface area (Å²) in [6, 6.07) is 73.3. The standard InChI is InChI=1S/C20H16N2OS.C19H16N2OS.C16H13F3N2OS.C16H17N3S.C13H10FN3OS.3Al.2Ga.5H/c23-19-17(14-15-8-3-1-4-9-15)24-20(16-10-5-2-6-11-16)18(19)22-13-7-12-21-22;1-2-16-19(23)17(18(22-16)13-8-4-3-5-9-13)21-15-11-7-6-10-14(15)12-20-21;1-2-12-14(22)13(15(23-12)10-6-4-3-5-7-10)21-9-11(8-20-21)16(17,18)19;1-3-13-16(20)15(19-11-7-10-17-19)14(18(13)2)12-8-5-4-6-9-12;14-6-10-12(18)11(17-8-15-7-16-17)13(19-10)9-4-2-1-3-5-9;;;;;;;;;;/h1-13,23H,14H2;3-12,23H,2H2,1H3;3-9,22H,2H2,1H3;4-11,20H,3H2,1-2H3;1-5,7-8,18H,6H2;;;;;;;;;;/q;;;;;5*+1;;;;;/p-5. The van der Waals surface area contributed by atoms with Gasteiger partial charge in [-0.05, 0) is 34.7 Å². The predicted octanol–water partition coefficient (Wildman–Crippen LogP) is 19.5. The van der Waals surface area contributed by atoms with Gasteiger partial charge in [0.15, 0.2) is 0 Å². The number of fused-ring (bicyclic) bond motifs is 1. The molecule has 5 radical (unpaired) electrons. The number of thiophene rings is 3. The van der Waals surface area contributed by atoms with E-state index in [1.165, 1.54) is 154 Å². The summed E-state index contributed by atoms with van der Waals surface area (Å²) < 4.78 is 86.1. The number of halogens is 4. The van der Waals surface area contributed by atoms with Gasteiger partial charge >= 0.3 is 348 Å². The van der Waals surface area contributed by atoms with Gasteiger partial charge in [0.05, 0.1) is 36.1 Å². The Morgan fingerprint density at radius 3 is 1.45 bits per heavy atom. The van der Waals surface area contributed by atoms with Crippen LogP contribution in [0.3, 0.4) is 0 Å². The number of furan rings is 1. The average molecular weight is 1770 g/mol. The third-order valence-electron chi connectivity index (χ3n) is 18.2. The minimum atomic E-state index is -4.43. The summed E-state index contributed by atoms with van der Waals surface area (Å²) in [6.07, 6.45) is 13.5. The number of alkyl halides is 4. The molecule has 114 heavy (non-hydrogen) atoms. The van der Waals surface area contributed by atoms with Crippen molar-refractivity contribution in [3.05, 3.63) is 312 Å². The Morgan fingerprint density at radius 1 is 0.482 bits per heavy atom. The number of hydrogen-bond acceptors (Lipinski definition) is 15. The third kappa shape index (κ3) is 18.5. The molecule has 0 amide bonds. The number of aryl methyl sites for hydroxylation is 2. The van der Waals surface area contributed by atoms with Crippen LogP contribution in [-0.2, 0) is 45.6 Å². The third-order valence-corrected chi connectivity index (χ3v) is 27.9. The van der Waals surface area contributed by atoms with Gasteiger partial charge in [0, 0.05) is 29.9 Å². The second-order valence-electron chi connectivity index (χ2n) is 25.1. The Balaban J connectivity index is 0.000000125. The van der Waals surface area contributed by atoms with E-state index in [4.69, 9.17) is 15.8 Å². The number of para-hydroxylation sites is 1. The van der Waals surface area contributed by atoms with Crippen molar-refractivity contribution < 1.29 is 33.3 Å². The summed E-state index contributed by atoms with van der Waals surface area (Å²) in [5.41, 5.74) is 14.2. The Hall–Kier alpha value is -8.87. The predicted molar refractivity (Wildman–Crippen MR) is 462 cm³/mol. The van der Waals surface area contributed by atoms with Crippen LogP contribution in [-0.4, -0.2) is 143 Å². The summed E-state index contributed by atoms with van der Waals surface area (Å²) in [4.78, 5) is 12.2. The Kier molecular flexibility index (Phi) is 28.9. The smallest absolute Gasteiger partial charge is 0.494 e. The number of hydrogen-bond donors (Lipinski definition) is 0. The maximum absolute atomic E-state index is 13.2. The molecule has 0 saturated carbocycles. The average Bonchev–Trinajstić information content (AvgIpc) is 1.62. The molecular weight excluding hydrogens is 1700 g/mol. The molecule has 0 aliphatic carbocycles. The Morgan fingerprint density at radius 2 is 0.965 bits per heavy atom. The van der Waals surface area contributed by atoms with Gasteiger partial charge in [-0.1, -0.05) is 128 Å². The first-order valence-electron chi connectivity index (χ1n) is 36.0. The van der Waals surface area contributed by atoms with Crippen LogP contribution in [0.4, 0.5) is 17.6 Å². The Bertz CT molecular complexity index is 5900. The minimum Gasteiger partial charge on any atom is -0.648 e. The molecule has 10 aromatic heterocycles. The molecule has 565 valence electrons. The van der Waals surface area contributed by atoms with E-state index >= 15 is 0 Å². The van der Waals surface area contributed by atoms with Crippen molar-refractivity contribution in [2.75, 3.05) is 0 Å². The molecule has 0 fully saturated rings. The topological polar surface area (TPSA) is 148 Å². The van der Waals surface area contributed by atoms with E-state index in [0.717, 1.165) is 132 Å². The van der Waals surface area contributed by atoms with Crippen molar-refractivity contribution in [3.8, 4) is 99.6 Å².